The van der Waals surface area contributed by atoms with Crippen LogP contribution in [0.2, 0.25) is 5.02 Å². The summed E-state index contributed by atoms with van der Waals surface area (Å²) in [6.07, 6.45) is 0. The van der Waals surface area contributed by atoms with Crippen LogP contribution in [0.4, 0.5) is 5.69 Å². The first-order chi connectivity index (χ1) is 9.63. The standard InChI is InChI=1S/C15H11ClN2OS/c1-9-6-11(16)3-5-12(9)18-15(19)10-2-4-13-14(7-10)20-8-17-13/h2-8H,1H3,(H,18,19). The minimum atomic E-state index is -0.134. The lowest BCUT2D eigenvalue weighted by atomic mass is 10.1. The van der Waals surface area contributed by atoms with E-state index in [4.69, 9.17) is 11.6 Å². The fourth-order valence-corrected chi connectivity index (χ4v) is 2.90. The number of fused-ring (bicyclic) bond motifs is 1. The van der Waals surface area contributed by atoms with Crippen LogP contribution in [-0.2, 0) is 0 Å². The van der Waals surface area contributed by atoms with E-state index in [1.54, 1.807) is 23.7 Å². The molecule has 20 heavy (non-hydrogen) atoms. The van der Waals surface area contributed by atoms with Gasteiger partial charge in [0.25, 0.3) is 5.91 Å². The van der Waals surface area contributed by atoms with Crippen LogP contribution in [0, 0.1) is 6.92 Å². The van der Waals surface area contributed by atoms with Crippen molar-refractivity contribution >= 4 is 44.7 Å². The molecule has 0 aliphatic carbocycles. The molecule has 0 saturated carbocycles. The van der Waals surface area contributed by atoms with Gasteiger partial charge in [-0.15, -0.1) is 11.3 Å². The monoisotopic (exact) mass is 302 g/mol. The Labute approximate surface area is 125 Å². The summed E-state index contributed by atoms with van der Waals surface area (Å²) in [7, 11) is 0. The van der Waals surface area contributed by atoms with Gasteiger partial charge in [-0.25, -0.2) is 4.98 Å². The Morgan fingerprint density at radius 1 is 1.25 bits per heavy atom. The Morgan fingerprint density at radius 3 is 2.90 bits per heavy atom. The van der Waals surface area contributed by atoms with E-state index in [9.17, 15) is 4.79 Å². The van der Waals surface area contributed by atoms with Gasteiger partial charge in [-0.3, -0.25) is 4.79 Å². The van der Waals surface area contributed by atoms with Crippen molar-refractivity contribution in [3.8, 4) is 0 Å². The third-order valence-electron chi connectivity index (χ3n) is 3.03. The van der Waals surface area contributed by atoms with E-state index in [0.717, 1.165) is 21.5 Å². The number of anilines is 1. The second kappa shape index (κ2) is 5.23. The Hall–Kier alpha value is -1.91. The number of carbonyl (C=O) groups excluding carboxylic acids is 1. The van der Waals surface area contributed by atoms with Crippen molar-refractivity contribution in [3.63, 3.8) is 0 Å². The Morgan fingerprint density at radius 2 is 2.10 bits per heavy atom. The molecule has 0 saturated heterocycles. The highest BCUT2D eigenvalue weighted by atomic mass is 35.5. The van der Waals surface area contributed by atoms with Crippen LogP contribution >= 0.6 is 22.9 Å². The third-order valence-corrected chi connectivity index (χ3v) is 4.06. The van der Waals surface area contributed by atoms with E-state index in [2.05, 4.69) is 10.3 Å². The van der Waals surface area contributed by atoms with Crippen molar-refractivity contribution in [3.05, 3.63) is 58.1 Å². The number of carbonyl (C=O) groups is 1. The van der Waals surface area contributed by atoms with E-state index in [1.165, 1.54) is 11.3 Å². The number of thiazole rings is 1. The summed E-state index contributed by atoms with van der Waals surface area (Å²) < 4.78 is 1.01. The molecule has 0 unspecified atom stereocenters. The number of nitrogens with one attached hydrogen (secondary N) is 1. The molecule has 100 valence electrons. The second-order valence-electron chi connectivity index (χ2n) is 4.45. The van der Waals surface area contributed by atoms with Gasteiger partial charge in [0.05, 0.1) is 15.7 Å². The minimum Gasteiger partial charge on any atom is -0.322 e. The molecule has 5 heteroatoms. The lowest BCUT2D eigenvalue weighted by Crippen LogP contribution is -2.12. The summed E-state index contributed by atoms with van der Waals surface area (Å²) >= 11 is 7.43. The van der Waals surface area contributed by atoms with Gasteiger partial charge < -0.3 is 5.32 Å². The lowest BCUT2D eigenvalue weighted by molar-refractivity contribution is 0.102. The van der Waals surface area contributed by atoms with Crippen LogP contribution in [0.25, 0.3) is 10.2 Å². The van der Waals surface area contributed by atoms with Gasteiger partial charge in [0, 0.05) is 16.3 Å². The largest absolute Gasteiger partial charge is 0.322 e. The van der Waals surface area contributed by atoms with Crippen molar-refractivity contribution in [1.82, 2.24) is 4.98 Å². The highest BCUT2D eigenvalue weighted by Gasteiger charge is 2.09. The number of aryl methyl sites for hydroxylation is 1. The van der Waals surface area contributed by atoms with E-state index in [-0.39, 0.29) is 5.91 Å². The van der Waals surface area contributed by atoms with E-state index in [1.807, 2.05) is 25.1 Å². The molecule has 2 aromatic carbocycles. The van der Waals surface area contributed by atoms with E-state index < -0.39 is 0 Å². The van der Waals surface area contributed by atoms with E-state index in [0.29, 0.717) is 10.6 Å². The van der Waals surface area contributed by atoms with Crippen LogP contribution < -0.4 is 5.32 Å². The maximum Gasteiger partial charge on any atom is 0.255 e. The van der Waals surface area contributed by atoms with Crippen molar-refractivity contribution in [2.45, 2.75) is 6.92 Å². The van der Waals surface area contributed by atoms with Gasteiger partial charge in [-0.1, -0.05) is 11.6 Å². The van der Waals surface area contributed by atoms with E-state index >= 15 is 0 Å². The van der Waals surface area contributed by atoms with Gasteiger partial charge in [0.2, 0.25) is 0 Å². The number of nitrogens with zero attached hydrogens (tertiary/aromatic N) is 1. The van der Waals surface area contributed by atoms with Crippen LogP contribution in [0.15, 0.2) is 41.9 Å². The quantitative estimate of drug-likeness (QED) is 0.756. The van der Waals surface area contributed by atoms with Gasteiger partial charge >= 0.3 is 0 Å². The number of rotatable bonds is 2. The number of benzene rings is 2. The maximum atomic E-state index is 12.3. The molecule has 3 nitrogen and oxygen atoms in total. The Bertz CT molecular complexity index is 797. The molecule has 1 aromatic heterocycles. The normalized spacial score (nSPS) is 10.7. The third kappa shape index (κ3) is 2.53. The predicted molar refractivity (Wildman–Crippen MR) is 83.8 cm³/mol. The minimum absolute atomic E-state index is 0.134. The highest BCUT2D eigenvalue weighted by molar-refractivity contribution is 7.16. The first-order valence-corrected chi connectivity index (χ1v) is 7.30. The topological polar surface area (TPSA) is 42.0 Å². The van der Waals surface area contributed by atoms with Crippen molar-refractivity contribution in [1.29, 1.82) is 0 Å². The highest BCUT2D eigenvalue weighted by Crippen LogP contribution is 2.22. The summed E-state index contributed by atoms with van der Waals surface area (Å²) in [5.74, 6) is -0.134. The first-order valence-electron chi connectivity index (χ1n) is 6.04. The van der Waals surface area contributed by atoms with Crippen LogP contribution in [0.1, 0.15) is 15.9 Å². The lowest BCUT2D eigenvalue weighted by Gasteiger charge is -2.08. The summed E-state index contributed by atoms with van der Waals surface area (Å²) in [5, 5.41) is 3.56. The smallest absolute Gasteiger partial charge is 0.255 e. The van der Waals surface area contributed by atoms with Gasteiger partial charge in [0.1, 0.15) is 0 Å². The molecule has 0 atom stereocenters. The zero-order valence-electron chi connectivity index (χ0n) is 10.7. The first kappa shape index (κ1) is 13.1. The molecule has 3 aromatic rings. The van der Waals surface area contributed by atoms with Crippen LogP contribution in [-0.4, -0.2) is 10.9 Å². The van der Waals surface area contributed by atoms with Crippen molar-refractivity contribution in [2.75, 3.05) is 5.32 Å². The SMILES string of the molecule is Cc1cc(Cl)ccc1NC(=O)c1ccc2ncsc2c1. The van der Waals surface area contributed by atoms with Crippen LogP contribution in [0.3, 0.4) is 0 Å². The molecule has 0 aliphatic rings. The number of aromatic nitrogens is 1. The summed E-state index contributed by atoms with van der Waals surface area (Å²) in [6, 6.07) is 10.9. The Kier molecular flexibility index (Phi) is 3.42. The second-order valence-corrected chi connectivity index (χ2v) is 5.77. The molecule has 1 amide bonds. The molecule has 0 fully saturated rings. The molecule has 0 aliphatic heterocycles. The number of hydrogen-bond donors (Lipinski definition) is 1. The fourth-order valence-electron chi connectivity index (χ4n) is 1.96. The van der Waals surface area contributed by atoms with Gasteiger partial charge in [-0.2, -0.15) is 0 Å². The fraction of sp³-hybridized carbons (Fsp3) is 0.0667. The molecule has 0 radical (unpaired) electrons. The van der Waals surface area contributed by atoms with Crippen LogP contribution in [0.5, 0.6) is 0 Å². The molecule has 0 bridgehead atoms. The molecular formula is C15H11ClN2OS. The number of halogens is 1. The zero-order valence-corrected chi connectivity index (χ0v) is 12.3. The molecule has 1 heterocycles. The summed E-state index contributed by atoms with van der Waals surface area (Å²) in [5.41, 5.74) is 5.01. The van der Waals surface area contributed by atoms with Gasteiger partial charge in [-0.05, 0) is 48.9 Å². The molecule has 3 rings (SSSR count). The zero-order chi connectivity index (χ0) is 14.1. The van der Waals surface area contributed by atoms with Crippen molar-refractivity contribution in [2.24, 2.45) is 0 Å². The average molecular weight is 303 g/mol. The Balaban J connectivity index is 1.88. The summed E-state index contributed by atoms with van der Waals surface area (Å²) in [4.78, 5) is 16.5. The molecule has 1 N–H and O–H groups in total. The summed E-state index contributed by atoms with van der Waals surface area (Å²) in [6.45, 7) is 1.91. The van der Waals surface area contributed by atoms with Gasteiger partial charge in [0.15, 0.2) is 0 Å². The maximum absolute atomic E-state index is 12.3. The average Bonchev–Trinajstić information content (AvgIpc) is 2.89. The molecule has 0 spiro atoms. The number of hydrogen-bond acceptors (Lipinski definition) is 3. The number of amides is 1. The predicted octanol–water partition coefficient (Wildman–Crippen LogP) is 4.51. The molecular weight excluding hydrogens is 292 g/mol. The van der Waals surface area contributed by atoms with Crippen molar-refractivity contribution < 1.29 is 4.79 Å².